The molecule has 96 valence electrons. The zero-order chi connectivity index (χ0) is 13.3. The fraction of sp³-hybridized carbons (Fsp3) is 0.200. The molecule has 2 aromatic rings. The third kappa shape index (κ3) is 2.27. The predicted molar refractivity (Wildman–Crippen MR) is 54.6 cm³/mol. The Morgan fingerprint density at radius 2 is 1.78 bits per heavy atom. The number of nitrogens with one attached hydrogen (secondary N) is 1. The Morgan fingerprint density at radius 1 is 1.17 bits per heavy atom. The van der Waals surface area contributed by atoms with Gasteiger partial charge in [0.15, 0.2) is 0 Å². The first-order chi connectivity index (χ1) is 8.49. The van der Waals surface area contributed by atoms with Crippen LogP contribution in [0.15, 0.2) is 12.4 Å². The highest BCUT2D eigenvalue weighted by atomic mass is 19.2. The minimum atomic E-state index is -1.69. The number of hydrogen-bond acceptors (Lipinski definition) is 3. The van der Waals surface area contributed by atoms with Crippen LogP contribution >= 0.6 is 0 Å². The topological polar surface area (TPSA) is 42.7 Å². The number of aromatic nitrogens is 3. The summed E-state index contributed by atoms with van der Waals surface area (Å²) in [5.74, 6) is -6.50. The van der Waals surface area contributed by atoms with Crippen LogP contribution in [-0.2, 0) is 13.6 Å². The molecule has 0 spiro atoms. The van der Waals surface area contributed by atoms with Gasteiger partial charge in [0.05, 0.1) is 6.20 Å². The first-order valence-electron chi connectivity index (χ1n) is 4.90. The van der Waals surface area contributed by atoms with Crippen LogP contribution in [0.3, 0.4) is 0 Å². The Kier molecular flexibility index (Phi) is 3.17. The van der Waals surface area contributed by atoms with Crippen molar-refractivity contribution >= 4 is 5.69 Å². The van der Waals surface area contributed by atoms with E-state index in [0.29, 0.717) is 5.56 Å². The summed E-state index contributed by atoms with van der Waals surface area (Å²) in [4.78, 5) is 2.45. The van der Waals surface area contributed by atoms with Crippen LogP contribution in [0.5, 0.6) is 0 Å². The number of anilines is 1. The van der Waals surface area contributed by atoms with Crippen molar-refractivity contribution in [1.29, 1.82) is 0 Å². The average molecular weight is 260 g/mol. The van der Waals surface area contributed by atoms with Gasteiger partial charge < -0.3 is 5.32 Å². The largest absolute Gasteiger partial charge is 0.376 e. The van der Waals surface area contributed by atoms with Crippen molar-refractivity contribution in [2.75, 3.05) is 5.32 Å². The maximum Gasteiger partial charge on any atom is 0.253 e. The first kappa shape index (κ1) is 12.3. The molecule has 0 saturated carbocycles. The molecular formula is C10H8F4N4. The number of rotatable bonds is 3. The lowest BCUT2D eigenvalue weighted by Crippen LogP contribution is -2.09. The molecule has 18 heavy (non-hydrogen) atoms. The molecule has 2 rings (SSSR count). The summed E-state index contributed by atoms with van der Waals surface area (Å²) >= 11 is 0. The minimum absolute atomic E-state index is 0.0232. The Bertz CT molecular complexity index is 555. The molecule has 4 nitrogen and oxygen atoms in total. The van der Waals surface area contributed by atoms with Crippen molar-refractivity contribution in [3.63, 3.8) is 0 Å². The molecule has 0 saturated heterocycles. The highest BCUT2D eigenvalue weighted by molar-refractivity contribution is 5.45. The van der Waals surface area contributed by atoms with Crippen LogP contribution in [-0.4, -0.2) is 14.8 Å². The molecule has 1 N–H and O–H groups in total. The summed E-state index contributed by atoms with van der Waals surface area (Å²) in [5.41, 5.74) is -0.280. The summed E-state index contributed by atoms with van der Waals surface area (Å²) in [7, 11) is 1.66. The second-order valence-electron chi connectivity index (χ2n) is 3.57. The molecule has 2 aromatic heterocycles. The predicted octanol–water partition coefficient (Wildman–Crippen LogP) is 1.98. The van der Waals surface area contributed by atoms with Crippen LogP contribution in [0.1, 0.15) is 5.56 Å². The SMILES string of the molecule is Cn1cc(CNc2c(F)c(F)nc(F)c2F)cn1. The Hall–Kier alpha value is -2.12. The summed E-state index contributed by atoms with van der Waals surface area (Å²) in [6.45, 7) is -0.0232. The number of hydrogen-bond donors (Lipinski definition) is 1. The lowest BCUT2D eigenvalue weighted by atomic mass is 10.3. The molecule has 0 atom stereocenters. The van der Waals surface area contributed by atoms with Gasteiger partial charge in [0.2, 0.25) is 11.6 Å². The van der Waals surface area contributed by atoms with Crippen LogP contribution in [0.2, 0.25) is 0 Å². The van der Waals surface area contributed by atoms with Gasteiger partial charge in [0, 0.05) is 25.4 Å². The van der Waals surface area contributed by atoms with E-state index in [9.17, 15) is 17.6 Å². The van der Waals surface area contributed by atoms with E-state index in [1.165, 1.54) is 10.9 Å². The molecule has 0 bridgehead atoms. The Balaban J connectivity index is 2.24. The first-order valence-corrected chi connectivity index (χ1v) is 4.90. The van der Waals surface area contributed by atoms with E-state index < -0.39 is 29.2 Å². The average Bonchev–Trinajstić information content (AvgIpc) is 2.73. The molecular weight excluding hydrogens is 252 g/mol. The van der Waals surface area contributed by atoms with E-state index in [4.69, 9.17) is 0 Å². The Labute approximate surface area is 99.3 Å². The van der Waals surface area contributed by atoms with E-state index in [1.807, 2.05) is 0 Å². The zero-order valence-electron chi connectivity index (χ0n) is 9.22. The molecule has 0 radical (unpaired) electrons. The highest BCUT2D eigenvalue weighted by Gasteiger charge is 2.20. The van der Waals surface area contributed by atoms with Crippen LogP contribution in [0.4, 0.5) is 23.2 Å². The summed E-state index contributed by atoms with van der Waals surface area (Å²) in [5, 5.41) is 6.11. The summed E-state index contributed by atoms with van der Waals surface area (Å²) in [6.07, 6.45) is 3.05. The van der Waals surface area contributed by atoms with Gasteiger partial charge in [-0.2, -0.15) is 27.6 Å². The van der Waals surface area contributed by atoms with Gasteiger partial charge >= 0.3 is 0 Å². The smallest absolute Gasteiger partial charge is 0.253 e. The van der Waals surface area contributed by atoms with Crippen molar-refractivity contribution in [2.24, 2.45) is 7.05 Å². The molecule has 0 aliphatic heterocycles. The van der Waals surface area contributed by atoms with E-state index in [2.05, 4.69) is 15.4 Å². The van der Waals surface area contributed by atoms with E-state index in [-0.39, 0.29) is 6.54 Å². The third-order valence-electron chi connectivity index (χ3n) is 2.23. The summed E-state index contributed by atoms with van der Waals surface area (Å²) < 4.78 is 53.5. The van der Waals surface area contributed by atoms with Crippen molar-refractivity contribution in [3.05, 3.63) is 41.5 Å². The molecule has 8 heteroatoms. The monoisotopic (exact) mass is 260 g/mol. The van der Waals surface area contributed by atoms with Crippen LogP contribution in [0, 0.1) is 23.5 Å². The normalized spacial score (nSPS) is 10.7. The van der Waals surface area contributed by atoms with Crippen molar-refractivity contribution < 1.29 is 17.6 Å². The zero-order valence-corrected chi connectivity index (χ0v) is 9.22. The maximum absolute atomic E-state index is 13.2. The van der Waals surface area contributed by atoms with Crippen molar-refractivity contribution in [1.82, 2.24) is 14.8 Å². The molecule has 0 unspecified atom stereocenters. The standard InChI is InChI=1S/C10H8F4N4/c1-18-4-5(3-16-18)2-15-8-6(11)9(13)17-10(14)7(8)12/h3-4H,2H2,1H3,(H,15,17). The number of halogens is 4. The van der Waals surface area contributed by atoms with Crippen molar-refractivity contribution in [2.45, 2.75) is 6.54 Å². The van der Waals surface area contributed by atoms with E-state index >= 15 is 0 Å². The van der Waals surface area contributed by atoms with Gasteiger partial charge in [-0.3, -0.25) is 4.68 Å². The fourth-order valence-electron chi connectivity index (χ4n) is 1.40. The minimum Gasteiger partial charge on any atom is -0.376 e. The lowest BCUT2D eigenvalue weighted by molar-refractivity contribution is 0.410. The summed E-state index contributed by atoms with van der Waals surface area (Å²) in [6, 6.07) is 0. The van der Waals surface area contributed by atoms with Gasteiger partial charge in [-0.05, 0) is 0 Å². The second-order valence-corrected chi connectivity index (χ2v) is 3.57. The van der Waals surface area contributed by atoms with Gasteiger partial charge in [0.1, 0.15) is 5.69 Å². The van der Waals surface area contributed by atoms with Gasteiger partial charge in [0.25, 0.3) is 11.9 Å². The second kappa shape index (κ2) is 4.63. The Morgan fingerprint density at radius 3 is 2.28 bits per heavy atom. The molecule has 0 fully saturated rings. The fourth-order valence-corrected chi connectivity index (χ4v) is 1.40. The van der Waals surface area contributed by atoms with Gasteiger partial charge in [-0.15, -0.1) is 0 Å². The van der Waals surface area contributed by atoms with Crippen LogP contribution in [0.25, 0.3) is 0 Å². The van der Waals surface area contributed by atoms with Crippen LogP contribution < -0.4 is 5.32 Å². The third-order valence-corrected chi connectivity index (χ3v) is 2.23. The van der Waals surface area contributed by atoms with Gasteiger partial charge in [-0.25, -0.2) is 0 Å². The molecule has 0 aliphatic rings. The van der Waals surface area contributed by atoms with Gasteiger partial charge in [-0.1, -0.05) is 0 Å². The number of pyridine rings is 1. The van der Waals surface area contributed by atoms with Crippen molar-refractivity contribution in [3.8, 4) is 0 Å². The number of aryl methyl sites for hydroxylation is 1. The lowest BCUT2D eigenvalue weighted by Gasteiger charge is -2.08. The molecule has 2 heterocycles. The highest BCUT2D eigenvalue weighted by Crippen LogP contribution is 2.22. The maximum atomic E-state index is 13.2. The molecule has 0 aromatic carbocycles. The molecule has 0 amide bonds. The van der Waals surface area contributed by atoms with E-state index in [0.717, 1.165) is 0 Å². The number of nitrogens with zero attached hydrogens (tertiary/aromatic N) is 3. The molecule has 0 aliphatic carbocycles. The van der Waals surface area contributed by atoms with E-state index in [1.54, 1.807) is 13.2 Å². The quantitative estimate of drug-likeness (QED) is 0.678.